The second-order valence-electron chi connectivity index (χ2n) is 3.55. The lowest BCUT2D eigenvalue weighted by Crippen LogP contribution is -2.27. The van der Waals surface area contributed by atoms with Crippen LogP contribution in [-0.4, -0.2) is 26.1 Å². The average Bonchev–Trinajstić information content (AvgIpc) is 2.87. The number of hydrogen-bond acceptors (Lipinski definition) is 6. The monoisotopic (exact) mass is 252 g/mol. The van der Waals surface area contributed by atoms with Crippen molar-refractivity contribution < 1.29 is 4.79 Å². The molecule has 2 heterocycles. The molecule has 0 saturated carbocycles. The number of aryl methyl sites for hydroxylation is 1. The van der Waals surface area contributed by atoms with Crippen LogP contribution in [0.2, 0.25) is 0 Å². The zero-order valence-electron chi connectivity index (χ0n) is 9.39. The van der Waals surface area contributed by atoms with Crippen LogP contribution in [0.15, 0.2) is 6.20 Å². The number of nitrogens with one attached hydrogen (secondary N) is 2. The van der Waals surface area contributed by atoms with Crippen molar-refractivity contribution in [2.75, 3.05) is 5.73 Å². The summed E-state index contributed by atoms with van der Waals surface area (Å²) in [5, 5.41) is 9.65. The number of hydrogen-bond donors (Lipinski definition) is 3. The van der Waals surface area contributed by atoms with Gasteiger partial charge in [0.15, 0.2) is 0 Å². The average molecular weight is 252 g/mol. The Bertz CT molecular complexity index is 533. The van der Waals surface area contributed by atoms with Crippen LogP contribution in [0, 0.1) is 6.92 Å². The largest absolute Gasteiger partial charge is 0.366 e. The van der Waals surface area contributed by atoms with E-state index in [1.165, 1.54) is 0 Å². The van der Waals surface area contributed by atoms with Crippen molar-refractivity contribution >= 4 is 23.2 Å². The Morgan fingerprint density at radius 2 is 2.41 bits per heavy atom. The third kappa shape index (κ3) is 2.59. The molecule has 1 unspecified atom stereocenters. The van der Waals surface area contributed by atoms with Crippen LogP contribution in [0.5, 0.6) is 0 Å². The molecule has 2 aromatic rings. The van der Waals surface area contributed by atoms with E-state index in [0.29, 0.717) is 0 Å². The highest BCUT2D eigenvalue weighted by atomic mass is 32.1. The SMILES string of the molecule is Cc1cnc(C(C)NC(=O)c2nc(N)n[nH]2)s1. The van der Waals surface area contributed by atoms with Crippen molar-refractivity contribution in [2.45, 2.75) is 19.9 Å². The van der Waals surface area contributed by atoms with Crippen molar-refractivity contribution in [2.24, 2.45) is 0 Å². The molecule has 0 radical (unpaired) electrons. The first-order valence-corrected chi connectivity index (χ1v) is 5.79. The van der Waals surface area contributed by atoms with Gasteiger partial charge in [0.1, 0.15) is 5.01 Å². The van der Waals surface area contributed by atoms with Crippen LogP contribution < -0.4 is 11.1 Å². The Balaban J connectivity index is 2.04. The Kier molecular flexibility index (Phi) is 3.05. The number of nitrogens with zero attached hydrogens (tertiary/aromatic N) is 3. The van der Waals surface area contributed by atoms with Gasteiger partial charge in [-0.15, -0.1) is 16.4 Å². The van der Waals surface area contributed by atoms with Gasteiger partial charge in [-0.3, -0.25) is 9.89 Å². The van der Waals surface area contributed by atoms with Gasteiger partial charge in [0.05, 0.1) is 6.04 Å². The third-order valence-corrected chi connectivity index (χ3v) is 3.17. The number of rotatable bonds is 3. The van der Waals surface area contributed by atoms with Crippen molar-refractivity contribution in [3.63, 3.8) is 0 Å². The highest BCUT2D eigenvalue weighted by Crippen LogP contribution is 2.18. The molecule has 0 bridgehead atoms. The normalized spacial score (nSPS) is 12.4. The third-order valence-electron chi connectivity index (χ3n) is 2.07. The van der Waals surface area contributed by atoms with Crippen LogP contribution in [-0.2, 0) is 0 Å². The highest BCUT2D eigenvalue weighted by Gasteiger charge is 2.16. The summed E-state index contributed by atoms with van der Waals surface area (Å²) in [7, 11) is 0. The number of aromatic nitrogens is 4. The first kappa shape index (κ1) is 11.5. The summed E-state index contributed by atoms with van der Waals surface area (Å²) < 4.78 is 0. The van der Waals surface area contributed by atoms with Crippen LogP contribution >= 0.6 is 11.3 Å². The molecule has 1 atom stereocenters. The topological polar surface area (TPSA) is 110 Å². The second-order valence-corrected chi connectivity index (χ2v) is 4.81. The maximum absolute atomic E-state index is 11.7. The summed E-state index contributed by atoms with van der Waals surface area (Å²) >= 11 is 1.54. The minimum Gasteiger partial charge on any atom is -0.366 e. The first-order chi connectivity index (χ1) is 8.06. The number of H-pyrrole nitrogens is 1. The summed E-state index contributed by atoms with van der Waals surface area (Å²) in [5.74, 6) is -0.204. The molecule has 0 spiro atoms. The van der Waals surface area contributed by atoms with E-state index in [-0.39, 0.29) is 23.7 Å². The van der Waals surface area contributed by atoms with Gasteiger partial charge in [0.2, 0.25) is 11.8 Å². The van der Waals surface area contributed by atoms with Crippen LogP contribution in [0.25, 0.3) is 0 Å². The number of nitrogen functional groups attached to an aromatic ring is 1. The molecule has 1 amide bonds. The molecule has 0 aromatic carbocycles. The standard InChI is InChI=1S/C9H12N6OS/c1-4-3-11-8(17-4)5(2)12-7(16)6-13-9(10)15-14-6/h3,5H,1-2H3,(H,12,16)(H3,10,13,14,15). The minimum atomic E-state index is -0.352. The fourth-order valence-electron chi connectivity index (χ4n) is 1.28. The fraction of sp³-hybridized carbons (Fsp3) is 0.333. The fourth-order valence-corrected chi connectivity index (χ4v) is 2.05. The van der Waals surface area contributed by atoms with E-state index in [4.69, 9.17) is 5.73 Å². The van der Waals surface area contributed by atoms with Crippen LogP contribution in [0.3, 0.4) is 0 Å². The molecule has 8 heteroatoms. The predicted octanol–water partition coefficient (Wildman–Crippen LogP) is 0.643. The van der Waals surface area contributed by atoms with Crippen LogP contribution in [0.4, 0.5) is 5.95 Å². The number of nitrogens with two attached hydrogens (primary N) is 1. The number of carbonyl (C=O) groups is 1. The number of carbonyl (C=O) groups excluding carboxylic acids is 1. The number of thiazole rings is 1. The predicted molar refractivity (Wildman–Crippen MR) is 63.5 cm³/mol. The van der Waals surface area contributed by atoms with E-state index >= 15 is 0 Å². The molecule has 4 N–H and O–H groups in total. The molecule has 2 aromatic heterocycles. The van der Waals surface area contributed by atoms with E-state index < -0.39 is 0 Å². The molecular weight excluding hydrogens is 240 g/mol. The van der Waals surface area contributed by atoms with Crippen molar-refractivity contribution in [1.82, 2.24) is 25.5 Å². The second kappa shape index (κ2) is 4.50. The molecule has 7 nitrogen and oxygen atoms in total. The summed E-state index contributed by atoms with van der Waals surface area (Å²) in [6.07, 6.45) is 1.77. The number of aromatic amines is 1. The Morgan fingerprint density at radius 3 is 2.94 bits per heavy atom. The Hall–Kier alpha value is -1.96. The summed E-state index contributed by atoms with van der Waals surface area (Å²) in [5.41, 5.74) is 5.32. The maximum Gasteiger partial charge on any atom is 0.289 e. The number of amides is 1. The Morgan fingerprint density at radius 1 is 1.65 bits per heavy atom. The van der Waals surface area contributed by atoms with Crippen molar-refractivity contribution in [3.8, 4) is 0 Å². The lowest BCUT2D eigenvalue weighted by atomic mass is 10.3. The molecule has 0 aliphatic rings. The van der Waals surface area contributed by atoms with Gasteiger partial charge in [-0.2, -0.15) is 4.98 Å². The molecule has 2 rings (SSSR count). The van der Waals surface area contributed by atoms with Gasteiger partial charge >= 0.3 is 0 Å². The summed E-state index contributed by atoms with van der Waals surface area (Å²) in [6.45, 7) is 3.82. The molecule has 17 heavy (non-hydrogen) atoms. The van der Waals surface area contributed by atoms with Gasteiger partial charge < -0.3 is 11.1 Å². The lowest BCUT2D eigenvalue weighted by molar-refractivity contribution is 0.0930. The van der Waals surface area contributed by atoms with Gasteiger partial charge in [-0.25, -0.2) is 4.98 Å². The molecule has 0 saturated heterocycles. The van der Waals surface area contributed by atoms with Gasteiger partial charge in [-0.05, 0) is 13.8 Å². The maximum atomic E-state index is 11.7. The minimum absolute atomic E-state index is 0.0490. The molecule has 0 aliphatic heterocycles. The van der Waals surface area contributed by atoms with Gasteiger partial charge in [-0.1, -0.05) is 0 Å². The van der Waals surface area contributed by atoms with E-state index in [9.17, 15) is 4.79 Å². The van der Waals surface area contributed by atoms with Gasteiger partial charge in [0.25, 0.3) is 5.91 Å². The van der Waals surface area contributed by atoms with Gasteiger partial charge in [0, 0.05) is 11.1 Å². The zero-order valence-corrected chi connectivity index (χ0v) is 10.2. The highest BCUT2D eigenvalue weighted by molar-refractivity contribution is 7.11. The van der Waals surface area contributed by atoms with E-state index in [1.54, 1.807) is 17.5 Å². The number of anilines is 1. The molecule has 0 fully saturated rings. The summed E-state index contributed by atoms with van der Waals surface area (Å²) in [6, 6.07) is -0.174. The van der Waals surface area contributed by atoms with Crippen molar-refractivity contribution in [3.05, 3.63) is 21.9 Å². The smallest absolute Gasteiger partial charge is 0.289 e. The summed E-state index contributed by atoms with van der Waals surface area (Å²) in [4.78, 5) is 20.8. The molecular formula is C9H12N6OS. The lowest BCUT2D eigenvalue weighted by Gasteiger charge is -2.09. The zero-order chi connectivity index (χ0) is 12.4. The quantitative estimate of drug-likeness (QED) is 0.742. The van der Waals surface area contributed by atoms with E-state index in [2.05, 4.69) is 25.5 Å². The Labute approximate surface area is 101 Å². The molecule has 0 aliphatic carbocycles. The van der Waals surface area contributed by atoms with Crippen LogP contribution in [0.1, 0.15) is 33.5 Å². The molecule has 90 valence electrons. The van der Waals surface area contributed by atoms with Crippen molar-refractivity contribution in [1.29, 1.82) is 0 Å². The van der Waals surface area contributed by atoms with E-state index in [0.717, 1.165) is 9.88 Å². The van der Waals surface area contributed by atoms with E-state index in [1.807, 2.05) is 13.8 Å². The first-order valence-electron chi connectivity index (χ1n) is 4.97.